The Morgan fingerprint density at radius 3 is 2.64 bits per heavy atom. The lowest BCUT2D eigenvalue weighted by Gasteiger charge is -2.17. The van der Waals surface area contributed by atoms with Gasteiger partial charge in [0.2, 0.25) is 0 Å². The standard InChI is InChI=1S/C17H19F3N4O/c1-10(2)5-12(21)16-23-13-4-3-11(15-7-22-9-25-15)6-14(13)24(16)8-17(18,19)20/h3-4,6-7,9-10,12H,5,8,21H2,1-2H3/t12-/m1/s1. The molecule has 25 heavy (non-hydrogen) atoms. The van der Waals surface area contributed by atoms with Gasteiger partial charge in [-0.25, -0.2) is 9.97 Å². The molecule has 0 radical (unpaired) electrons. The van der Waals surface area contributed by atoms with Gasteiger partial charge in [0.15, 0.2) is 12.2 Å². The molecule has 0 bridgehead atoms. The maximum atomic E-state index is 13.1. The van der Waals surface area contributed by atoms with Crippen molar-refractivity contribution in [3.8, 4) is 11.3 Å². The second-order valence-corrected chi connectivity index (χ2v) is 6.48. The Morgan fingerprint density at radius 1 is 1.28 bits per heavy atom. The van der Waals surface area contributed by atoms with E-state index in [1.807, 2.05) is 13.8 Å². The van der Waals surface area contributed by atoms with Crippen molar-refractivity contribution in [3.63, 3.8) is 0 Å². The predicted molar refractivity (Wildman–Crippen MR) is 87.7 cm³/mol. The van der Waals surface area contributed by atoms with Gasteiger partial charge in [-0.2, -0.15) is 13.2 Å². The summed E-state index contributed by atoms with van der Waals surface area (Å²) in [6, 6.07) is 4.47. The number of hydrogen-bond donors (Lipinski definition) is 1. The van der Waals surface area contributed by atoms with E-state index >= 15 is 0 Å². The Hall–Kier alpha value is -2.35. The first-order valence-electron chi connectivity index (χ1n) is 7.96. The fourth-order valence-corrected chi connectivity index (χ4v) is 2.89. The summed E-state index contributed by atoms with van der Waals surface area (Å²) in [5.41, 5.74) is 7.62. The van der Waals surface area contributed by atoms with Crippen molar-refractivity contribution in [2.75, 3.05) is 0 Å². The normalized spacial score (nSPS) is 13.7. The zero-order valence-corrected chi connectivity index (χ0v) is 13.9. The lowest BCUT2D eigenvalue weighted by atomic mass is 10.0. The summed E-state index contributed by atoms with van der Waals surface area (Å²) in [5.74, 6) is 0.976. The van der Waals surface area contributed by atoms with Crippen molar-refractivity contribution in [1.82, 2.24) is 14.5 Å². The van der Waals surface area contributed by atoms with Crippen molar-refractivity contribution in [2.24, 2.45) is 11.7 Å². The number of rotatable bonds is 5. The number of oxazole rings is 1. The number of hydrogen-bond acceptors (Lipinski definition) is 4. The van der Waals surface area contributed by atoms with Gasteiger partial charge >= 0.3 is 6.18 Å². The summed E-state index contributed by atoms with van der Waals surface area (Å²) in [7, 11) is 0. The molecule has 0 spiro atoms. The molecule has 8 heteroatoms. The molecule has 1 atom stereocenters. The first-order chi connectivity index (χ1) is 11.7. The molecule has 0 aliphatic heterocycles. The first kappa shape index (κ1) is 17.5. The Morgan fingerprint density at radius 2 is 2.04 bits per heavy atom. The molecule has 2 aromatic heterocycles. The molecular weight excluding hydrogens is 333 g/mol. The third-order valence-corrected chi connectivity index (χ3v) is 3.89. The molecule has 0 fully saturated rings. The van der Waals surface area contributed by atoms with Crippen LogP contribution >= 0.6 is 0 Å². The quantitative estimate of drug-likeness (QED) is 0.743. The van der Waals surface area contributed by atoms with Crippen LogP contribution in [0.15, 0.2) is 35.2 Å². The van der Waals surface area contributed by atoms with Crippen LogP contribution in [0.5, 0.6) is 0 Å². The molecule has 0 aliphatic rings. The molecule has 134 valence electrons. The van der Waals surface area contributed by atoms with E-state index in [0.29, 0.717) is 28.8 Å². The maximum absolute atomic E-state index is 13.1. The van der Waals surface area contributed by atoms with Crippen LogP contribution in [0.2, 0.25) is 0 Å². The van der Waals surface area contributed by atoms with Crippen molar-refractivity contribution >= 4 is 11.0 Å². The van der Waals surface area contributed by atoms with E-state index < -0.39 is 18.8 Å². The van der Waals surface area contributed by atoms with Crippen molar-refractivity contribution in [2.45, 2.75) is 39.0 Å². The molecule has 0 amide bonds. The van der Waals surface area contributed by atoms with E-state index in [4.69, 9.17) is 10.2 Å². The average Bonchev–Trinajstić information content (AvgIpc) is 3.13. The van der Waals surface area contributed by atoms with Crippen LogP contribution in [0.4, 0.5) is 13.2 Å². The van der Waals surface area contributed by atoms with Gasteiger partial charge in [-0.1, -0.05) is 13.8 Å². The third kappa shape index (κ3) is 3.84. The highest BCUT2D eigenvalue weighted by Crippen LogP contribution is 2.30. The van der Waals surface area contributed by atoms with Crippen LogP contribution in [0.25, 0.3) is 22.4 Å². The Labute approximate surface area is 142 Å². The minimum absolute atomic E-state index is 0.246. The topological polar surface area (TPSA) is 69.9 Å². The summed E-state index contributed by atoms with van der Waals surface area (Å²) >= 11 is 0. The SMILES string of the molecule is CC(C)C[C@@H](N)c1nc2ccc(-c3cnco3)cc2n1CC(F)(F)F. The smallest absolute Gasteiger partial charge is 0.406 e. The van der Waals surface area contributed by atoms with E-state index in [-0.39, 0.29) is 11.7 Å². The highest BCUT2D eigenvalue weighted by molar-refractivity contribution is 5.81. The number of aromatic nitrogens is 3. The van der Waals surface area contributed by atoms with E-state index in [1.165, 1.54) is 12.6 Å². The summed E-state index contributed by atoms with van der Waals surface area (Å²) in [6.45, 7) is 2.81. The second kappa shape index (κ2) is 6.51. The fraction of sp³-hybridized carbons (Fsp3) is 0.412. The third-order valence-electron chi connectivity index (χ3n) is 3.89. The number of fused-ring (bicyclic) bond motifs is 1. The van der Waals surface area contributed by atoms with Gasteiger partial charge in [-0.3, -0.25) is 0 Å². The van der Waals surface area contributed by atoms with E-state index in [0.717, 1.165) is 4.57 Å². The van der Waals surface area contributed by atoms with Gasteiger partial charge in [-0.05, 0) is 30.5 Å². The molecule has 3 aromatic rings. The summed E-state index contributed by atoms with van der Waals surface area (Å²) in [6.07, 6.45) is -1.04. The minimum Gasteiger partial charge on any atom is -0.444 e. The molecule has 5 nitrogen and oxygen atoms in total. The molecule has 0 aliphatic carbocycles. The Bertz CT molecular complexity index is 853. The Kier molecular flexibility index (Phi) is 4.55. The predicted octanol–water partition coefficient (Wildman–Crippen LogP) is 4.30. The second-order valence-electron chi connectivity index (χ2n) is 6.48. The zero-order valence-electron chi connectivity index (χ0n) is 13.9. The van der Waals surface area contributed by atoms with E-state index in [2.05, 4.69) is 9.97 Å². The summed E-state index contributed by atoms with van der Waals surface area (Å²) in [4.78, 5) is 8.20. The number of halogens is 3. The highest BCUT2D eigenvalue weighted by atomic mass is 19.4. The molecule has 0 saturated heterocycles. The lowest BCUT2D eigenvalue weighted by Crippen LogP contribution is -2.24. The van der Waals surface area contributed by atoms with Gasteiger partial charge < -0.3 is 14.7 Å². The lowest BCUT2D eigenvalue weighted by molar-refractivity contribution is -0.140. The van der Waals surface area contributed by atoms with Crippen molar-refractivity contribution < 1.29 is 17.6 Å². The van der Waals surface area contributed by atoms with Gasteiger partial charge in [0.1, 0.15) is 12.4 Å². The van der Waals surface area contributed by atoms with Crippen LogP contribution < -0.4 is 5.73 Å². The van der Waals surface area contributed by atoms with Crippen LogP contribution in [-0.2, 0) is 6.54 Å². The van der Waals surface area contributed by atoms with Gasteiger partial charge in [-0.15, -0.1) is 0 Å². The first-order valence-corrected chi connectivity index (χ1v) is 7.96. The number of benzene rings is 1. The summed E-state index contributed by atoms with van der Waals surface area (Å²) in [5, 5.41) is 0. The molecule has 2 N–H and O–H groups in total. The molecule has 0 saturated carbocycles. The van der Waals surface area contributed by atoms with Crippen LogP contribution in [-0.4, -0.2) is 20.7 Å². The number of imidazole rings is 1. The molecule has 3 rings (SSSR count). The van der Waals surface area contributed by atoms with Crippen molar-refractivity contribution in [1.29, 1.82) is 0 Å². The largest absolute Gasteiger partial charge is 0.444 e. The Balaban J connectivity index is 2.13. The minimum atomic E-state index is -4.37. The highest BCUT2D eigenvalue weighted by Gasteiger charge is 2.31. The van der Waals surface area contributed by atoms with Gasteiger partial charge in [0, 0.05) is 5.56 Å². The van der Waals surface area contributed by atoms with E-state index in [9.17, 15) is 13.2 Å². The molecule has 1 aromatic carbocycles. The number of nitrogens with zero attached hydrogens (tertiary/aromatic N) is 3. The zero-order chi connectivity index (χ0) is 18.2. The number of alkyl halides is 3. The van der Waals surface area contributed by atoms with Gasteiger partial charge in [0.05, 0.1) is 23.3 Å². The average molecular weight is 352 g/mol. The van der Waals surface area contributed by atoms with Crippen LogP contribution in [0.3, 0.4) is 0 Å². The summed E-state index contributed by atoms with van der Waals surface area (Å²) < 4.78 is 45.7. The van der Waals surface area contributed by atoms with E-state index in [1.54, 1.807) is 18.2 Å². The molecular formula is C17H19F3N4O. The molecule has 0 unspecified atom stereocenters. The maximum Gasteiger partial charge on any atom is 0.406 e. The number of nitrogens with two attached hydrogens (primary N) is 1. The monoisotopic (exact) mass is 352 g/mol. The fourth-order valence-electron chi connectivity index (χ4n) is 2.89. The van der Waals surface area contributed by atoms with Gasteiger partial charge in [0.25, 0.3) is 0 Å². The van der Waals surface area contributed by atoms with Crippen LogP contribution in [0, 0.1) is 5.92 Å². The van der Waals surface area contributed by atoms with Crippen molar-refractivity contribution in [3.05, 3.63) is 36.6 Å². The van der Waals surface area contributed by atoms with Crippen LogP contribution in [0.1, 0.15) is 32.1 Å². The molecule has 2 heterocycles.